The smallest absolute Gasteiger partial charge is 0.0704 e. The first-order chi connectivity index (χ1) is 7.84. The van der Waals surface area contributed by atoms with Crippen molar-refractivity contribution in [1.29, 1.82) is 0 Å². The second-order valence-electron chi connectivity index (χ2n) is 4.75. The van der Waals surface area contributed by atoms with E-state index in [4.69, 9.17) is 5.73 Å². The number of aromatic nitrogens is 1. The molecule has 3 rings (SSSR count). The lowest BCUT2D eigenvalue weighted by molar-refractivity contribution is 0.253. The molecular formula is C14H16N2. The zero-order valence-corrected chi connectivity index (χ0v) is 9.32. The van der Waals surface area contributed by atoms with Crippen LogP contribution in [0.5, 0.6) is 0 Å². The molecule has 1 aliphatic rings. The summed E-state index contributed by atoms with van der Waals surface area (Å²) in [6, 6.07) is 10.7. The van der Waals surface area contributed by atoms with Crippen LogP contribution in [0, 0.1) is 0 Å². The van der Waals surface area contributed by atoms with E-state index in [2.05, 4.69) is 29.2 Å². The normalized spacial score (nSPS) is 18.3. The molecule has 0 unspecified atom stereocenters. The number of hydrogen-bond donors (Lipinski definition) is 1. The number of nitrogens with zero attached hydrogens (tertiary/aromatic N) is 1. The van der Waals surface area contributed by atoms with Gasteiger partial charge < -0.3 is 5.73 Å². The molecule has 0 spiro atoms. The Morgan fingerprint density at radius 1 is 1.25 bits per heavy atom. The molecule has 1 fully saturated rings. The second kappa shape index (κ2) is 3.56. The van der Waals surface area contributed by atoms with Crippen molar-refractivity contribution in [3.63, 3.8) is 0 Å². The van der Waals surface area contributed by atoms with Gasteiger partial charge in [0.2, 0.25) is 0 Å². The van der Waals surface area contributed by atoms with Crippen LogP contribution in [0.4, 0.5) is 0 Å². The molecule has 1 aromatic carbocycles. The molecule has 1 heterocycles. The number of fused-ring (bicyclic) bond motifs is 1. The molecule has 0 radical (unpaired) electrons. The SMILES string of the molecule is NCC1(c2ccc3cccnc3c2)CCC1. The minimum absolute atomic E-state index is 0.242. The Morgan fingerprint density at radius 3 is 2.81 bits per heavy atom. The predicted molar refractivity (Wildman–Crippen MR) is 66.3 cm³/mol. The third kappa shape index (κ3) is 1.34. The van der Waals surface area contributed by atoms with Gasteiger partial charge in [0.15, 0.2) is 0 Å². The average Bonchev–Trinajstić information content (AvgIpc) is 2.28. The van der Waals surface area contributed by atoms with Crippen molar-refractivity contribution in [3.05, 3.63) is 42.1 Å². The lowest BCUT2D eigenvalue weighted by Crippen LogP contribution is -2.41. The lowest BCUT2D eigenvalue weighted by atomic mass is 9.64. The zero-order chi connectivity index (χ0) is 11.0. The quantitative estimate of drug-likeness (QED) is 0.831. The molecule has 2 N–H and O–H groups in total. The van der Waals surface area contributed by atoms with E-state index in [0.29, 0.717) is 0 Å². The van der Waals surface area contributed by atoms with Crippen molar-refractivity contribution in [2.45, 2.75) is 24.7 Å². The monoisotopic (exact) mass is 212 g/mol. The number of nitrogens with two attached hydrogens (primary N) is 1. The average molecular weight is 212 g/mol. The third-order valence-electron chi connectivity index (χ3n) is 3.92. The Labute approximate surface area is 95.5 Å². The summed E-state index contributed by atoms with van der Waals surface area (Å²) in [6.45, 7) is 0.755. The highest BCUT2D eigenvalue weighted by Gasteiger charge is 2.37. The van der Waals surface area contributed by atoms with Crippen LogP contribution in [-0.2, 0) is 5.41 Å². The standard InChI is InChI=1S/C14H16N2/c15-10-14(6-2-7-14)12-5-4-11-3-1-8-16-13(11)9-12/h1,3-5,8-9H,2,6-7,10,15H2. The minimum Gasteiger partial charge on any atom is -0.330 e. The summed E-state index contributed by atoms with van der Waals surface area (Å²) in [5.41, 5.74) is 8.62. The second-order valence-corrected chi connectivity index (χ2v) is 4.75. The molecule has 0 atom stereocenters. The van der Waals surface area contributed by atoms with Crippen molar-refractivity contribution in [1.82, 2.24) is 4.98 Å². The fourth-order valence-corrected chi connectivity index (χ4v) is 2.61. The molecule has 82 valence electrons. The summed E-state index contributed by atoms with van der Waals surface area (Å²) in [4.78, 5) is 4.41. The third-order valence-corrected chi connectivity index (χ3v) is 3.92. The van der Waals surface area contributed by atoms with Gasteiger partial charge in [-0.25, -0.2) is 0 Å². The number of rotatable bonds is 2. The molecule has 16 heavy (non-hydrogen) atoms. The van der Waals surface area contributed by atoms with Crippen molar-refractivity contribution in [3.8, 4) is 0 Å². The molecule has 0 aliphatic heterocycles. The molecule has 1 aromatic heterocycles. The van der Waals surface area contributed by atoms with Crippen LogP contribution < -0.4 is 5.73 Å². The van der Waals surface area contributed by atoms with Gasteiger partial charge in [-0.3, -0.25) is 4.98 Å². The van der Waals surface area contributed by atoms with E-state index in [1.807, 2.05) is 12.3 Å². The molecule has 2 nitrogen and oxygen atoms in total. The van der Waals surface area contributed by atoms with E-state index >= 15 is 0 Å². The van der Waals surface area contributed by atoms with Crippen molar-refractivity contribution in [2.75, 3.05) is 6.54 Å². The van der Waals surface area contributed by atoms with Crippen molar-refractivity contribution < 1.29 is 0 Å². The largest absolute Gasteiger partial charge is 0.330 e. The van der Waals surface area contributed by atoms with Crippen LogP contribution >= 0.6 is 0 Å². The molecule has 0 bridgehead atoms. The first kappa shape index (κ1) is 9.79. The highest BCUT2D eigenvalue weighted by Crippen LogP contribution is 2.43. The van der Waals surface area contributed by atoms with Gasteiger partial charge in [-0.15, -0.1) is 0 Å². The van der Waals surface area contributed by atoms with Crippen LogP contribution in [0.25, 0.3) is 10.9 Å². The Morgan fingerprint density at radius 2 is 2.12 bits per heavy atom. The molecular weight excluding hydrogens is 196 g/mol. The van der Waals surface area contributed by atoms with Crippen molar-refractivity contribution in [2.24, 2.45) is 5.73 Å². The van der Waals surface area contributed by atoms with E-state index in [9.17, 15) is 0 Å². The highest BCUT2D eigenvalue weighted by molar-refractivity contribution is 5.79. The fraction of sp³-hybridized carbons (Fsp3) is 0.357. The topological polar surface area (TPSA) is 38.9 Å². The Bertz CT molecular complexity index is 509. The number of pyridine rings is 1. The van der Waals surface area contributed by atoms with Gasteiger partial charge >= 0.3 is 0 Å². The van der Waals surface area contributed by atoms with Crippen LogP contribution in [0.15, 0.2) is 36.5 Å². The molecule has 1 saturated carbocycles. The van der Waals surface area contributed by atoms with E-state index in [1.165, 1.54) is 30.2 Å². The predicted octanol–water partition coefficient (Wildman–Crippen LogP) is 2.62. The lowest BCUT2D eigenvalue weighted by Gasteiger charge is -2.41. The summed E-state index contributed by atoms with van der Waals surface area (Å²) in [6.07, 6.45) is 5.60. The Balaban J connectivity index is 2.11. The molecule has 1 aliphatic carbocycles. The fourth-order valence-electron chi connectivity index (χ4n) is 2.61. The number of hydrogen-bond acceptors (Lipinski definition) is 2. The maximum absolute atomic E-state index is 5.92. The van der Waals surface area contributed by atoms with Crippen LogP contribution in [0.2, 0.25) is 0 Å². The maximum atomic E-state index is 5.92. The molecule has 2 aromatic rings. The van der Waals surface area contributed by atoms with Gasteiger partial charge in [0.1, 0.15) is 0 Å². The zero-order valence-electron chi connectivity index (χ0n) is 9.32. The van der Waals surface area contributed by atoms with Crippen LogP contribution in [-0.4, -0.2) is 11.5 Å². The minimum atomic E-state index is 0.242. The Kier molecular flexibility index (Phi) is 2.18. The number of benzene rings is 1. The summed E-state index contributed by atoms with van der Waals surface area (Å²) in [5, 5.41) is 1.21. The molecule has 0 saturated heterocycles. The van der Waals surface area contributed by atoms with Gasteiger partial charge in [-0.05, 0) is 30.5 Å². The van der Waals surface area contributed by atoms with Crippen LogP contribution in [0.1, 0.15) is 24.8 Å². The van der Waals surface area contributed by atoms with Crippen LogP contribution in [0.3, 0.4) is 0 Å². The summed E-state index contributed by atoms with van der Waals surface area (Å²) in [7, 11) is 0. The summed E-state index contributed by atoms with van der Waals surface area (Å²) in [5.74, 6) is 0. The summed E-state index contributed by atoms with van der Waals surface area (Å²) >= 11 is 0. The Hall–Kier alpha value is -1.41. The van der Waals surface area contributed by atoms with Gasteiger partial charge in [0.05, 0.1) is 5.52 Å². The first-order valence-electron chi connectivity index (χ1n) is 5.89. The van der Waals surface area contributed by atoms with Gasteiger partial charge in [0.25, 0.3) is 0 Å². The first-order valence-corrected chi connectivity index (χ1v) is 5.89. The van der Waals surface area contributed by atoms with E-state index in [1.54, 1.807) is 0 Å². The van der Waals surface area contributed by atoms with Gasteiger partial charge in [-0.1, -0.05) is 24.6 Å². The maximum Gasteiger partial charge on any atom is 0.0704 e. The van der Waals surface area contributed by atoms with Gasteiger partial charge in [0, 0.05) is 23.5 Å². The van der Waals surface area contributed by atoms with Crippen molar-refractivity contribution >= 4 is 10.9 Å². The molecule has 2 heteroatoms. The summed E-state index contributed by atoms with van der Waals surface area (Å²) < 4.78 is 0. The van der Waals surface area contributed by atoms with Gasteiger partial charge in [-0.2, -0.15) is 0 Å². The van der Waals surface area contributed by atoms with E-state index < -0.39 is 0 Å². The van der Waals surface area contributed by atoms with E-state index in [-0.39, 0.29) is 5.41 Å². The molecule has 0 amide bonds. The highest BCUT2D eigenvalue weighted by atomic mass is 14.7. The van der Waals surface area contributed by atoms with E-state index in [0.717, 1.165) is 12.1 Å².